The van der Waals surface area contributed by atoms with Gasteiger partial charge in [-0.1, -0.05) is 17.7 Å². The van der Waals surface area contributed by atoms with Crippen molar-refractivity contribution in [3.63, 3.8) is 0 Å². The number of hydrogen-bond donors (Lipinski definition) is 1. The van der Waals surface area contributed by atoms with E-state index in [2.05, 4.69) is 59.8 Å². The second-order valence-corrected chi connectivity index (χ2v) is 12.4. The van der Waals surface area contributed by atoms with Crippen LogP contribution in [-0.4, -0.2) is 61.8 Å². The van der Waals surface area contributed by atoms with Crippen molar-refractivity contribution >= 4 is 34.1 Å². The number of piperidine rings is 1. The van der Waals surface area contributed by atoms with Crippen LogP contribution >= 0.6 is 11.6 Å². The predicted octanol–water partition coefficient (Wildman–Crippen LogP) is 5.86. The summed E-state index contributed by atoms with van der Waals surface area (Å²) in [5, 5.41) is 14.4. The first-order valence-corrected chi connectivity index (χ1v) is 15.4. The van der Waals surface area contributed by atoms with Gasteiger partial charge in [0.1, 0.15) is 16.7 Å². The summed E-state index contributed by atoms with van der Waals surface area (Å²) in [6, 6.07) is 4.50. The number of aromatic amines is 1. The predicted molar refractivity (Wildman–Crippen MR) is 163 cm³/mol. The monoisotopic (exact) mass is 574 g/mol. The number of aromatic nitrogens is 6. The molecular weight excluding hydrogens is 536 g/mol. The topological polar surface area (TPSA) is 88.0 Å². The lowest BCUT2D eigenvalue weighted by atomic mass is 9.97. The Labute approximate surface area is 246 Å². The zero-order chi connectivity index (χ0) is 28.4. The lowest BCUT2D eigenvalue weighted by Gasteiger charge is -2.41. The number of halogens is 1. The van der Waals surface area contributed by atoms with Gasteiger partial charge in [-0.05, 0) is 65.0 Å². The van der Waals surface area contributed by atoms with Gasteiger partial charge in [0.2, 0.25) is 0 Å². The molecule has 2 atom stereocenters. The number of benzene rings is 1. The maximum Gasteiger partial charge on any atom is 0.162 e. The van der Waals surface area contributed by atoms with Crippen LogP contribution < -0.4 is 9.80 Å². The Bertz CT molecular complexity index is 1620. The van der Waals surface area contributed by atoms with E-state index in [1.165, 1.54) is 18.4 Å². The standard InChI is InChI=1S/C31H39ClN8O/c1-6-41-21-11-14-40(18(3)15-21)30-22-16-39(31-27(32)28(20-8-9-20)37-38(31)5)13-12-23(22)33-29(34-30)25-17(2)7-10-24-26(25)19(4)35-36-24/h7,10,18,20-21H,6,8-9,11-16H2,1-5H3,(H,35,36). The second-order valence-electron chi connectivity index (χ2n) is 12.0. The smallest absolute Gasteiger partial charge is 0.162 e. The summed E-state index contributed by atoms with van der Waals surface area (Å²) in [4.78, 5) is 15.5. The van der Waals surface area contributed by atoms with Crippen LogP contribution in [0.4, 0.5) is 11.6 Å². The van der Waals surface area contributed by atoms with E-state index in [1.54, 1.807) is 0 Å². The van der Waals surface area contributed by atoms with Crippen molar-refractivity contribution in [2.24, 2.45) is 7.05 Å². The highest BCUT2D eigenvalue weighted by Crippen LogP contribution is 2.46. The van der Waals surface area contributed by atoms with Crippen LogP contribution in [0, 0.1) is 13.8 Å². The first kappa shape index (κ1) is 26.7. The number of nitrogens with one attached hydrogen (secondary N) is 1. The number of aryl methyl sites for hydroxylation is 3. The van der Waals surface area contributed by atoms with Crippen molar-refractivity contribution in [1.29, 1.82) is 0 Å². The van der Waals surface area contributed by atoms with Crippen molar-refractivity contribution in [3.05, 3.63) is 45.4 Å². The Morgan fingerprint density at radius 1 is 1.12 bits per heavy atom. The molecule has 9 nitrogen and oxygen atoms in total. The van der Waals surface area contributed by atoms with Crippen LogP contribution in [0.15, 0.2) is 12.1 Å². The largest absolute Gasteiger partial charge is 0.378 e. The van der Waals surface area contributed by atoms with Crippen LogP contribution in [0.3, 0.4) is 0 Å². The highest BCUT2D eigenvalue weighted by atomic mass is 35.5. The molecule has 0 spiro atoms. The van der Waals surface area contributed by atoms with Crippen molar-refractivity contribution in [3.8, 4) is 11.4 Å². The summed E-state index contributed by atoms with van der Waals surface area (Å²) in [7, 11) is 2.01. The van der Waals surface area contributed by atoms with Crippen molar-refractivity contribution in [1.82, 2.24) is 29.9 Å². The molecule has 3 aromatic heterocycles. The minimum Gasteiger partial charge on any atom is -0.378 e. The lowest BCUT2D eigenvalue weighted by Crippen LogP contribution is -2.45. The summed E-state index contributed by atoms with van der Waals surface area (Å²) < 4.78 is 8.01. The first-order chi connectivity index (χ1) is 19.8. The third kappa shape index (κ3) is 4.57. The highest BCUT2D eigenvalue weighted by molar-refractivity contribution is 6.33. The molecule has 216 valence electrons. The molecule has 5 heterocycles. The van der Waals surface area contributed by atoms with Crippen LogP contribution in [0.1, 0.15) is 73.7 Å². The fourth-order valence-electron chi connectivity index (χ4n) is 6.88. The lowest BCUT2D eigenvalue weighted by molar-refractivity contribution is 0.0378. The number of hydrogen-bond acceptors (Lipinski definition) is 7. The third-order valence-electron chi connectivity index (χ3n) is 9.12. The van der Waals surface area contributed by atoms with Crippen molar-refractivity contribution in [2.45, 2.75) is 84.4 Å². The Hall–Kier alpha value is -3.17. The zero-order valence-electron chi connectivity index (χ0n) is 24.7. The molecule has 0 radical (unpaired) electrons. The van der Waals surface area contributed by atoms with Gasteiger partial charge in [-0.15, -0.1) is 0 Å². The number of fused-ring (bicyclic) bond motifs is 2. The minimum atomic E-state index is 0.290. The van der Waals surface area contributed by atoms with E-state index in [0.717, 1.165) is 101 Å². The summed E-state index contributed by atoms with van der Waals surface area (Å²) in [6.07, 6.45) is 5.44. The first-order valence-electron chi connectivity index (χ1n) is 15.0. The Balaban J connectivity index is 1.34. The fourth-order valence-corrected chi connectivity index (χ4v) is 7.32. The third-order valence-corrected chi connectivity index (χ3v) is 9.49. The van der Waals surface area contributed by atoms with E-state index >= 15 is 0 Å². The van der Waals surface area contributed by atoms with Crippen LogP contribution in [0.2, 0.25) is 5.02 Å². The van der Waals surface area contributed by atoms with Gasteiger partial charge in [0.05, 0.1) is 23.0 Å². The molecule has 0 bridgehead atoms. The molecule has 3 aliphatic rings. The van der Waals surface area contributed by atoms with E-state index < -0.39 is 0 Å². The van der Waals surface area contributed by atoms with Gasteiger partial charge >= 0.3 is 0 Å². The summed E-state index contributed by atoms with van der Waals surface area (Å²) in [5.74, 6) is 3.33. The van der Waals surface area contributed by atoms with Gasteiger partial charge in [0.25, 0.3) is 0 Å². The zero-order valence-corrected chi connectivity index (χ0v) is 25.4. The molecule has 1 aromatic carbocycles. The molecule has 2 unspecified atom stereocenters. The minimum absolute atomic E-state index is 0.290. The molecule has 1 aliphatic carbocycles. The molecule has 1 N–H and O–H groups in total. The van der Waals surface area contributed by atoms with Crippen LogP contribution in [-0.2, 0) is 24.8 Å². The molecule has 10 heteroatoms. The summed E-state index contributed by atoms with van der Waals surface area (Å²) in [5.41, 5.74) is 7.58. The number of rotatable bonds is 6. The molecule has 1 saturated heterocycles. The molecule has 2 fully saturated rings. The SMILES string of the molecule is CCOC1CCN(c2nc(-c3c(C)ccc4n[nH]c(C)c34)nc3c2CN(c2c(Cl)c(C4CC4)nn2C)CC3)C(C)C1. The molecule has 41 heavy (non-hydrogen) atoms. The second kappa shape index (κ2) is 10.3. The highest BCUT2D eigenvalue weighted by Gasteiger charge is 2.36. The molecule has 0 amide bonds. The summed E-state index contributed by atoms with van der Waals surface area (Å²) in [6.45, 7) is 11.8. The maximum atomic E-state index is 6.98. The quantitative estimate of drug-likeness (QED) is 0.309. The van der Waals surface area contributed by atoms with Gasteiger partial charge in [-0.2, -0.15) is 10.2 Å². The Kier molecular flexibility index (Phi) is 6.70. The summed E-state index contributed by atoms with van der Waals surface area (Å²) >= 11 is 6.98. The van der Waals surface area contributed by atoms with E-state index in [4.69, 9.17) is 31.4 Å². The van der Waals surface area contributed by atoms with Crippen molar-refractivity contribution in [2.75, 3.05) is 29.5 Å². The Morgan fingerprint density at radius 2 is 1.95 bits per heavy atom. The van der Waals surface area contributed by atoms with Crippen LogP contribution in [0.25, 0.3) is 22.3 Å². The van der Waals surface area contributed by atoms with Gasteiger partial charge in [-0.3, -0.25) is 9.78 Å². The van der Waals surface area contributed by atoms with Gasteiger partial charge in [0, 0.05) is 73.9 Å². The van der Waals surface area contributed by atoms with Gasteiger partial charge < -0.3 is 14.5 Å². The van der Waals surface area contributed by atoms with Crippen molar-refractivity contribution < 1.29 is 4.74 Å². The van der Waals surface area contributed by atoms with Gasteiger partial charge in [-0.25, -0.2) is 9.97 Å². The van der Waals surface area contributed by atoms with E-state index in [9.17, 15) is 0 Å². The van der Waals surface area contributed by atoms with E-state index in [0.29, 0.717) is 24.6 Å². The van der Waals surface area contributed by atoms with E-state index in [1.807, 2.05) is 11.7 Å². The number of H-pyrrole nitrogens is 1. The van der Waals surface area contributed by atoms with Crippen LogP contribution in [0.5, 0.6) is 0 Å². The van der Waals surface area contributed by atoms with Gasteiger partial charge in [0.15, 0.2) is 5.82 Å². The number of ether oxygens (including phenoxy) is 1. The molecule has 7 rings (SSSR count). The average molecular weight is 575 g/mol. The molecule has 4 aromatic rings. The maximum absolute atomic E-state index is 6.98. The number of nitrogens with zero attached hydrogens (tertiary/aromatic N) is 7. The van der Waals surface area contributed by atoms with E-state index in [-0.39, 0.29) is 0 Å². The molecular formula is C31H39ClN8O. The normalized spacial score (nSPS) is 21.1. The Morgan fingerprint density at radius 3 is 2.71 bits per heavy atom. The average Bonchev–Trinajstić information content (AvgIpc) is 3.67. The molecule has 2 aliphatic heterocycles. The fraction of sp³-hybridized carbons (Fsp3) is 0.548. The number of anilines is 2. The molecule has 1 saturated carbocycles.